The number of sulfone groups is 1. The molecule has 31 heavy (non-hydrogen) atoms. The Morgan fingerprint density at radius 2 is 1.71 bits per heavy atom. The van der Waals surface area contributed by atoms with Gasteiger partial charge in [-0.05, 0) is 40.8 Å². The van der Waals surface area contributed by atoms with E-state index >= 15 is 0 Å². The molecule has 1 heterocycles. The summed E-state index contributed by atoms with van der Waals surface area (Å²) in [5.41, 5.74) is 4.09. The first-order chi connectivity index (χ1) is 14.8. The van der Waals surface area contributed by atoms with Gasteiger partial charge in [0.2, 0.25) is 0 Å². The smallest absolute Gasteiger partial charge is 0.309 e. The Kier molecular flexibility index (Phi) is 7.01. The quantitative estimate of drug-likeness (QED) is 0.507. The highest BCUT2D eigenvalue weighted by atomic mass is 32.2. The number of hydrogen-bond acceptors (Lipinski definition) is 4. The SMILES string of the molecule is CCCc1ccc(CC(c2cccc(CC(=O)OC)c2)(c2ccc[nH]2)S(C)(=O)=O)cc1. The van der Waals surface area contributed by atoms with Crippen molar-refractivity contribution in [1.82, 2.24) is 4.98 Å². The van der Waals surface area contributed by atoms with E-state index in [2.05, 4.69) is 24.0 Å². The van der Waals surface area contributed by atoms with Crippen LogP contribution in [-0.2, 0) is 43.4 Å². The van der Waals surface area contributed by atoms with Crippen LogP contribution in [0, 0.1) is 0 Å². The maximum atomic E-state index is 13.4. The fourth-order valence-electron chi connectivity index (χ4n) is 4.05. The molecule has 0 bridgehead atoms. The van der Waals surface area contributed by atoms with Crippen LogP contribution >= 0.6 is 0 Å². The average molecular weight is 440 g/mol. The highest BCUT2D eigenvalue weighted by Gasteiger charge is 2.45. The van der Waals surface area contributed by atoms with Crippen LogP contribution in [0.1, 0.15) is 41.3 Å². The number of rotatable bonds is 9. The van der Waals surface area contributed by atoms with Gasteiger partial charge in [0, 0.05) is 24.6 Å². The summed E-state index contributed by atoms with van der Waals surface area (Å²) in [6.07, 6.45) is 5.41. The molecule has 3 rings (SSSR count). The second kappa shape index (κ2) is 9.52. The van der Waals surface area contributed by atoms with Crippen LogP contribution in [0.3, 0.4) is 0 Å². The van der Waals surface area contributed by atoms with E-state index in [-0.39, 0.29) is 18.8 Å². The normalized spacial score (nSPS) is 13.5. The van der Waals surface area contributed by atoms with Crippen molar-refractivity contribution in [3.63, 3.8) is 0 Å². The van der Waals surface area contributed by atoms with Gasteiger partial charge in [0.15, 0.2) is 9.84 Å². The third-order valence-corrected chi connectivity index (χ3v) is 7.52. The summed E-state index contributed by atoms with van der Waals surface area (Å²) in [5.74, 6) is -0.367. The zero-order valence-electron chi connectivity index (χ0n) is 18.2. The number of hydrogen-bond donors (Lipinski definition) is 1. The molecule has 0 fully saturated rings. The molecule has 2 aromatic carbocycles. The van der Waals surface area contributed by atoms with Crippen molar-refractivity contribution in [3.8, 4) is 0 Å². The Hall–Kier alpha value is -2.86. The number of H-pyrrole nitrogens is 1. The molecular weight excluding hydrogens is 410 g/mol. The zero-order valence-corrected chi connectivity index (χ0v) is 19.0. The predicted molar refractivity (Wildman–Crippen MR) is 123 cm³/mol. The number of benzene rings is 2. The van der Waals surface area contributed by atoms with Gasteiger partial charge < -0.3 is 9.72 Å². The van der Waals surface area contributed by atoms with Crippen LogP contribution in [-0.4, -0.2) is 32.7 Å². The Balaban J connectivity index is 2.15. The van der Waals surface area contributed by atoms with Crippen molar-refractivity contribution in [1.29, 1.82) is 0 Å². The molecule has 0 aliphatic carbocycles. The lowest BCUT2D eigenvalue weighted by atomic mass is 9.86. The molecule has 0 saturated carbocycles. The second-order valence-electron chi connectivity index (χ2n) is 7.88. The van der Waals surface area contributed by atoms with Crippen molar-refractivity contribution in [2.24, 2.45) is 0 Å². The maximum absolute atomic E-state index is 13.4. The van der Waals surface area contributed by atoms with E-state index < -0.39 is 14.6 Å². The molecule has 0 saturated heterocycles. The molecule has 0 amide bonds. The Morgan fingerprint density at radius 1 is 1.00 bits per heavy atom. The number of esters is 1. The Bertz CT molecular complexity index is 1120. The molecule has 1 atom stereocenters. The van der Waals surface area contributed by atoms with E-state index in [9.17, 15) is 13.2 Å². The van der Waals surface area contributed by atoms with Gasteiger partial charge in [-0.3, -0.25) is 4.79 Å². The summed E-state index contributed by atoms with van der Waals surface area (Å²) >= 11 is 0. The predicted octanol–water partition coefficient (Wildman–Crippen LogP) is 4.21. The number of aryl methyl sites for hydroxylation is 1. The molecule has 3 aromatic rings. The van der Waals surface area contributed by atoms with Crippen LogP contribution in [0.5, 0.6) is 0 Å². The van der Waals surface area contributed by atoms with E-state index in [4.69, 9.17) is 4.74 Å². The van der Waals surface area contributed by atoms with Gasteiger partial charge >= 0.3 is 5.97 Å². The number of carbonyl (C=O) groups is 1. The molecule has 0 radical (unpaired) electrons. The van der Waals surface area contributed by atoms with Crippen molar-refractivity contribution in [2.75, 3.05) is 13.4 Å². The summed E-state index contributed by atoms with van der Waals surface area (Å²) in [6, 6.07) is 19.0. The highest BCUT2D eigenvalue weighted by molar-refractivity contribution is 7.91. The van der Waals surface area contributed by atoms with E-state index in [1.54, 1.807) is 30.5 Å². The summed E-state index contributed by atoms with van der Waals surface area (Å²) in [6.45, 7) is 2.13. The van der Waals surface area contributed by atoms with Gasteiger partial charge in [-0.1, -0.05) is 61.9 Å². The highest BCUT2D eigenvalue weighted by Crippen LogP contribution is 2.40. The average Bonchev–Trinajstić information content (AvgIpc) is 3.27. The number of ether oxygens (including phenoxy) is 1. The molecule has 0 aliphatic rings. The van der Waals surface area contributed by atoms with E-state index in [0.29, 0.717) is 16.8 Å². The van der Waals surface area contributed by atoms with Crippen LogP contribution in [0.2, 0.25) is 0 Å². The fourth-order valence-corrected chi connectivity index (χ4v) is 5.56. The monoisotopic (exact) mass is 439 g/mol. The van der Waals surface area contributed by atoms with Gasteiger partial charge in [-0.15, -0.1) is 0 Å². The lowest BCUT2D eigenvalue weighted by Crippen LogP contribution is -2.39. The second-order valence-corrected chi connectivity index (χ2v) is 10.1. The minimum atomic E-state index is -3.62. The van der Waals surface area contributed by atoms with Crippen molar-refractivity contribution in [3.05, 3.63) is 94.8 Å². The summed E-state index contributed by atoms with van der Waals surface area (Å²) < 4.78 is 30.3. The Labute approximate surface area is 184 Å². The molecule has 1 aromatic heterocycles. The minimum Gasteiger partial charge on any atom is -0.469 e. The van der Waals surface area contributed by atoms with Gasteiger partial charge in [-0.25, -0.2) is 8.42 Å². The molecule has 1 unspecified atom stereocenters. The topological polar surface area (TPSA) is 76.2 Å². The largest absolute Gasteiger partial charge is 0.469 e. The number of aromatic nitrogens is 1. The number of aromatic amines is 1. The first-order valence-electron chi connectivity index (χ1n) is 10.4. The standard InChI is InChI=1S/C25H29NO4S/c1-4-7-19-11-13-20(14-12-19)18-25(31(3,28)29,23-10-6-15-26-23)22-9-5-8-21(16-22)17-24(27)30-2/h5-6,8-16,26H,4,7,17-18H2,1-3H3. The van der Waals surface area contributed by atoms with Crippen LogP contribution in [0.4, 0.5) is 0 Å². The lowest BCUT2D eigenvalue weighted by molar-refractivity contribution is -0.139. The van der Waals surface area contributed by atoms with Crippen molar-refractivity contribution < 1.29 is 17.9 Å². The van der Waals surface area contributed by atoms with Crippen molar-refractivity contribution in [2.45, 2.75) is 37.4 Å². The van der Waals surface area contributed by atoms with Gasteiger partial charge in [0.05, 0.1) is 13.5 Å². The minimum absolute atomic E-state index is 0.0840. The van der Waals surface area contributed by atoms with Gasteiger partial charge in [0.25, 0.3) is 0 Å². The van der Waals surface area contributed by atoms with E-state index in [0.717, 1.165) is 18.4 Å². The van der Waals surface area contributed by atoms with Gasteiger partial charge in [-0.2, -0.15) is 0 Å². The molecule has 164 valence electrons. The summed E-state index contributed by atoms with van der Waals surface area (Å²) in [5, 5.41) is 0. The lowest BCUT2D eigenvalue weighted by Gasteiger charge is -2.32. The summed E-state index contributed by atoms with van der Waals surface area (Å²) in [4.78, 5) is 14.9. The molecule has 5 nitrogen and oxygen atoms in total. The van der Waals surface area contributed by atoms with E-state index in [1.165, 1.54) is 18.9 Å². The molecule has 1 N–H and O–H groups in total. The van der Waals surface area contributed by atoms with E-state index in [1.807, 2.05) is 24.3 Å². The molecule has 0 aliphatic heterocycles. The molecule has 0 spiro atoms. The van der Waals surface area contributed by atoms with Crippen molar-refractivity contribution >= 4 is 15.8 Å². The fraction of sp³-hybridized carbons (Fsp3) is 0.320. The van der Waals surface area contributed by atoms with Crippen LogP contribution in [0.25, 0.3) is 0 Å². The van der Waals surface area contributed by atoms with Crippen LogP contribution < -0.4 is 0 Å². The first kappa shape index (κ1) is 22.8. The number of nitrogens with one attached hydrogen (secondary N) is 1. The maximum Gasteiger partial charge on any atom is 0.309 e. The summed E-state index contributed by atoms with van der Waals surface area (Å²) in [7, 11) is -2.28. The third-order valence-electron chi connectivity index (χ3n) is 5.65. The Morgan fingerprint density at radius 3 is 2.29 bits per heavy atom. The zero-order chi connectivity index (χ0) is 22.5. The first-order valence-corrected chi connectivity index (χ1v) is 12.3. The molecular formula is C25H29NO4S. The number of carbonyl (C=O) groups excluding carboxylic acids is 1. The van der Waals surface area contributed by atoms with Gasteiger partial charge in [0.1, 0.15) is 4.75 Å². The number of methoxy groups -OCH3 is 1. The third kappa shape index (κ3) is 4.90. The van der Waals surface area contributed by atoms with Crippen LogP contribution in [0.15, 0.2) is 66.9 Å². The molecule has 6 heteroatoms.